The molecule has 0 radical (unpaired) electrons. The molecule has 0 bridgehead atoms. The maximum absolute atomic E-state index is 11.9. The number of nitrogens with one attached hydrogen (secondary N) is 1. The number of carbonyl (C=O) groups is 3. The van der Waals surface area contributed by atoms with Gasteiger partial charge in [0, 0.05) is 18.0 Å². The summed E-state index contributed by atoms with van der Waals surface area (Å²) in [6.07, 6.45) is 2.84. The first-order valence-electron chi connectivity index (χ1n) is 6.56. The fourth-order valence-electron chi connectivity index (χ4n) is 1.70. The predicted molar refractivity (Wildman–Crippen MR) is 73.5 cm³/mol. The lowest BCUT2D eigenvalue weighted by Crippen LogP contribution is -2.42. The van der Waals surface area contributed by atoms with Crippen LogP contribution in [0.3, 0.4) is 0 Å². The van der Waals surface area contributed by atoms with Gasteiger partial charge in [0.05, 0.1) is 12.5 Å². The van der Waals surface area contributed by atoms with Gasteiger partial charge >= 0.3 is 11.9 Å². The molecule has 0 aliphatic rings. The Morgan fingerprint density at radius 3 is 2.48 bits per heavy atom. The van der Waals surface area contributed by atoms with Crippen LogP contribution in [0.5, 0.6) is 0 Å². The highest BCUT2D eigenvalue weighted by molar-refractivity contribution is 5.96. The maximum Gasteiger partial charge on any atom is 0.326 e. The Morgan fingerprint density at radius 1 is 1.33 bits per heavy atom. The molecular weight excluding hydrogens is 276 g/mol. The molecule has 0 aromatic carbocycles. The Bertz CT molecular complexity index is 503. The zero-order valence-corrected chi connectivity index (χ0v) is 11.9. The first-order chi connectivity index (χ1) is 9.95. The van der Waals surface area contributed by atoms with Gasteiger partial charge in [0.15, 0.2) is 0 Å². The highest BCUT2D eigenvalue weighted by atomic mass is 16.5. The van der Waals surface area contributed by atoms with E-state index in [1.54, 1.807) is 13.8 Å². The van der Waals surface area contributed by atoms with Gasteiger partial charge in [-0.2, -0.15) is 0 Å². The molecule has 2 atom stereocenters. The number of hydrogen-bond acceptors (Lipinski definition) is 5. The molecular formula is C14H18N2O5. The number of carbonyl (C=O) groups excluding carboxylic acids is 2. The van der Waals surface area contributed by atoms with Crippen molar-refractivity contribution in [2.24, 2.45) is 5.92 Å². The smallest absolute Gasteiger partial charge is 0.326 e. The Kier molecular flexibility index (Phi) is 6.32. The molecule has 0 saturated carbocycles. The molecule has 0 unspecified atom stereocenters. The molecule has 0 fully saturated rings. The van der Waals surface area contributed by atoms with E-state index in [1.165, 1.54) is 24.5 Å². The van der Waals surface area contributed by atoms with Gasteiger partial charge < -0.3 is 15.2 Å². The summed E-state index contributed by atoms with van der Waals surface area (Å²) in [5, 5.41) is 11.5. The van der Waals surface area contributed by atoms with E-state index in [4.69, 9.17) is 9.84 Å². The third kappa shape index (κ3) is 5.21. The van der Waals surface area contributed by atoms with Gasteiger partial charge in [0.1, 0.15) is 6.04 Å². The second-order valence-corrected chi connectivity index (χ2v) is 4.49. The topological polar surface area (TPSA) is 106 Å². The summed E-state index contributed by atoms with van der Waals surface area (Å²) in [4.78, 5) is 38.4. The summed E-state index contributed by atoms with van der Waals surface area (Å²) in [6, 6.07) is 1.79. The molecule has 114 valence electrons. The lowest BCUT2D eigenvalue weighted by atomic mass is 10.0. The largest absolute Gasteiger partial charge is 0.480 e. The van der Waals surface area contributed by atoms with Gasteiger partial charge in [-0.1, -0.05) is 6.92 Å². The van der Waals surface area contributed by atoms with E-state index >= 15 is 0 Å². The first kappa shape index (κ1) is 16.6. The molecule has 0 saturated heterocycles. The number of ether oxygens (including phenoxy) is 1. The second kappa shape index (κ2) is 7.98. The van der Waals surface area contributed by atoms with Gasteiger partial charge in [0.25, 0.3) is 5.91 Å². The number of aliphatic carboxylic acids is 1. The van der Waals surface area contributed by atoms with Crippen molar-refractivity contribution in [3.05, 3.63) is 30.1 Å². The van der Waals surface area contributed by atoms with Crippen molar-refractivity contribution in [2.75, 3.05) is 6.61 Å². The number of amides is 1. The van der Waals surface area contributed by atoms with Crippen molar-refractivity contribution in [3.63, 3.8) is 0 Å². The average molecular weight is 294 g/mol. The Hall–Kier alpha value is -2.44. The molecule has 0 aliphatic carbocycles. The van der Waals surface area contributed by atoms with E-state index in [0.717, 1.165) is 0 Å². The van der Waals surface area contributed by atoms with Crippen LogP contribution in [0, 0.1) is 5.92 Å². The van der Waals surface area contributed by atoms with Crippen LogP contribution in [-0.2, 0) is 14.3 Å². The zero-order valence-electron chi connectivity index (χ0n) is 11.9. The Morgan fingerprint density at radius 2 is 1.95 bits per heavy atom. The van der Waals surface area contributed by atoms with Crippen LogP contribution in [0.2, 0.25) is 0 Å². The number of hydrogen-bond donors (Lipinski definition) is 2. The molecule has 7 nitrogen and oxygen atoms in total. The fourth-order valence-corrected chi connectivity index (χ4v) is 1.70. The summed E-state index contributed by atoms with van der Waals surface area (Å²) in [5.74, 6) is -2.83. The maximum atomic E-state index is 11.9. The number of carboxylic acids is 1. The summed E-state index contributed by atoms with van der Waals surface area (Å²) in [6.45, 7) is 3.46. The van der Waals surface area contributed by atoms with Crippen molar-refractivity contribution in [1.29, 1.82) is 0 Å². The summed E-state index contributed by atoms with van der Waals surface area (Å²) < 4.78 is 4.82. The van der Waals surface area contributed by atoms with Gasteiger partial charge in [0.2, 0.25) is 0 Å². The highest BCUT2D eigenvalue weighted by Crippen LogP contribution is 2.10. The fraction of sp³-hybridized carbons (Fsp3) is 0.429. The van der Waals surface area contributed by atoms with Crippen LogP contribution >= 0.6 is 0 Å². The molecule has 0 aliphatic heterocycles. The number of pyridine rings is 1. The molecule has 1 rings (SSSR count). The minimum Gasteiger partial charge on any atom is -0.480 e. The monoisotopic (exact) mass is 294 g/mol. The van der Waals surface area contributed by atoms with Gasteiger partial charge in [-0.05, 0) is 25.5 Å². The summed E-state index contributed by atoms with van der Waals surface area (Å²) in [7, 11) is 0. The van der Waals surface area contributed by atoms with Crippen LogP contribution < -0.4 is 5.32 Å². The van der Waals surface area contributed by atoms with Crippen molar-refractivity contribution in [2.45, 2.75) is 26.3 Å². The van der Waals surface area contributed by atoms with E-state index in [0.29, 0.717) is 5.56 Å². The lowest BCUT2D eigenvalue weighted by Gasteiger charge is -2.18. The second-order valence-electron chi connectivity index (χ2n) is 4.49. The molecule has 7 heteroatoms. The van der Waals surface area contributed by atoms with Crippen LogP contribution in [0.1, 0.15) is 30.6 Å². The van der Waals surface area contributed by atoms with Crippen LogP contribution in [0.4, 0.5) is 0 Å². The van der Waals surface area contributed by atoms with E-state index in [-0.39, 0.29) is 13.0 Å². The molecule has 1 aromatic heterocycles. The first-order valence-corrected chi connectivity index (χ1v) is 6.56. The zero-order chi connectivity index (χ0) is 15.8. The standard InChI is InChI=1S/C14H18N2O5/c1-3-21-14(20)9(2)8-11(13(18)19)16-12(17)10-4-6-15-7-5-10/h4-7,9,11H,3,8H2,1-2H3,(H,16,17)(H,18,19)/t9-,11-/m0/s1. The number of rotatable bonds is 7. The molecule has 2 N–H and O–H groups in total. The van der Waals surface area contributed by atoms with Crippen molar-refractivity contribution >= 4 is 17.8 Å². The van der Waals surface area contributed by atoms with Crippen LogP contribution in [-0.4, -0.2) is 40.6 Å². The number of nitrogens with zero attached hydrogens (tertiary/aromatic N) is 1. The SMILES string of the molecule is CCOC(=O)[C@@H](C)C[C@H](NC(=O)c1ccncc1)C(=O)O. The van der Waals surface area contributed by atoms with E-state index in [9.17, 15) is 14.4 Å². The van der Waals surface area contributed by atoms with E-state index < -0.39 is 29.8 Å². The molecule has 1 amide bonds. The molecule has 1 aromatic rings. The number of aromatic nitrogens is 1. The van der Waals surface area contributed by atoms with Crippen LogP contribution in [0.15, 0.2) is 24.5 Å². The third-order valence-corrected chi connectivity index (χ3v) is 2.82. The van der Waals surface area contributed by atoms with Gasteiger partial charge in [-0.3, -0.25) is 14.6 Å². The summed E-state index contributed by atoms with van der Waals surface area (Å²) >= 11 is 0. The third-order valence-electron chi connectivity index (χ3n) is 2.82. The molecule has 0 spiro atoms. The number of esters is 1. The number of carboxylic acid groups (broad SMARTS) is 1. The Balaban J connectivity index is 2.68. The van der Waals surface area contributed by atoms with Crippen molar-refractivity contribution in [3.8, 4) is 0 Å². The normalized spacial score (nSPS) is 13.0. The Labute approximate surface area is 122 Å². The minimum absolute atomic E-state index is 0.0367. The lowest BCUT2D eigenvalue weighted by molar-refractivity contribution is -0.148. The highest BCUT2D eigenvalue weighted by Gasteiger charge is 2.26. The van der Waals surface area contributed by atoms with Gasteiger partial charge in [-0.25, -0.2) is 4.79 Å². The quantitative estimate of drug-likeness (QED) is 0.722. The molecule has 21 heavy (non-hydrogen) atoms. The predicted octanol–water partition coefficient (Wildman–Crippen LogP) is 0.854. The van der Waals surface area contributed by atoms with E-state index in [1.807, 2.05) is 0 Å². The minimum atomic E-state index is -1.20. The van der Waals surface area contributed by atoms with Gasteiger partial charge in [-0.15, -0.1) is 0 Å². The van der Waals surface area contributed by atoms with E-state index in [2.05, 4.69) is 10.3 Å². The molecule has 1 heterocycles. The average Bonchev–Trinajstić information content (AvgIpc) is 2.47. The van der Waals surface area contributed by atoms with Crippen molar-refractivity contribution in [1.82, 2.24) is 10.3 Å². The summed E-state index contributed by atoms with van der Waals surface area (Å²) in [5.41, 5.74) is 0.306. The van der Waals surface area contributed by atoms with Crippen molar-refractivity contribution < 1.29 is 24.2 Å². The van der Waals surface area contributed by atoms with Crippen LogP contribution in [0.25, 0.3) is 0 Å².